The normalized spacial score (nSPS) is 18.3. The molecule has 5 nitrogen and oxygen atoms in total. The molecule has 0 bridgehead atoms. The summed E-state index contributed by atoms with van der Waals surface area (Å²) in [7, 11) is 0. The first kappa shape index (κ1) is 13.0. The van der Waals surface area contributed by atoms with E-state index in [9.17, 15) is 19.9 Å². The van der Waals surface area contributed by atoms with E-state index in [4.69, 9.17) is 0 Å². The van der Waals surface area contributed by atoms with Crippen LogP contribution in [0, 0.1) is 19.1 Å². The number of ketones is 2. The van der Waals surface area contributed by atoms with Gasteiger partial charge in [-0.25, -0.2) is 0 Å². The van der Waals surface area contributed by atoms with Crippen molar-refractivity contribution in [2.45, 2.75) is 19.9 Å². The topological polar surface area (TPSA) is 80.4 Å². The minimum atomic E-state index is -1.45. The van der Waals surface area contributed by atoms with Gasteiger partial charge in [-0.2, -0.15) is 4.74 Å². The van der Waals surface area contributed by atoms with E-state index >= 15 is 0 Å². The second-order valence-corrected chi connectivity index (χ2v) is 4.49. The van der Waals surface area contributed by atoms with Crippen LogP contribution in [-0.4, -0.2) is 33.7 Å². The van der Waals surface area contributed by atoms with Gasteiger partial charge in [0.05, 0.1) is 5.56 Å². The predicted molar refractivity (Wildman–Crippen MR) is 69.5 cm³/mol. The average Bonchev–Trinajstić information content (AvgIpc) is 2.33. The van der Waals surface area contributed by atoms with Crippen LogP contribution in [0.3, 0.4) is 0 Å². The molecule has 1 N–H and O–H groups in total. The van der Waals surface area contributed by atoms with Crippen LogP contribution in [0.15, 0.2) is 24.3 Å². The summed E-state index contributed by atoms with van der Waals surface area (Å²) in [4.78, 5) is 23.9. The Labute approximate surface area is 110 Å². The number of nitrogens with zero attached hydrogens (tertiary/aromatic N) is 1. The molecule has 2 rings (SSSR count). The molecule has 98 valence electrons. The Bertz CT molecular complexity index is 629. The van der Waals surface area contributed by atoms with Gasteiger partial charge in [0.25, 0.3) is 6.04 Å². The summed E-state index contributed by atoms with van der Waals surface area (Å²) in [6.45, 7) is 3.58. The zero-order chi connectivity index (χ0) is 14.2. The quantitative estimate of drug-likeness (QED) is 0.375. The van der Waals surface area contributed by atoms with Crippen molar-refractivity contribution in [2.24, 2.45) is 0 Å². The van der Waals surface area contributed by atoms with Gasteiger partial charge in [-0.15, -0.1) is 0 Å². The Kier molecular flexibility index (Phi) is 3.21. The van der Waals surface area contributed by atoms with Crippen molar-refractivity contribution in [3.05, 3.63) is 46.2 Å². The van der Waals surface area contributed by atoms with Crippen molar-refractivity contribution in [3.8, 4) is 5.75 Å². The maximum atomic E-state index is 12.2. The van der Waals surface area contributed by atoms with Gasteiger partial charge < -0.3 is 10.3 Å². The lowest BCUT2D eigenvalue weighted by atomic mass is 9.95. The molecule has 0 saturated carbocycles. The van der Waals surface area contributed by atoms with E-state index in [1.807, 2.05) is 0 Å². The molecule has 1 aromatic carbocycles. The highest BCUT2D eigenvalue weighted by atomic mass is 16.5. The average molecular weight is 259 g/mol. The van der Waals surface area contributed by atoms with Crippen molar-refractivity contribution in [1.82, 2.24) is 0 Å². The van der Waals surface area contributed by atoms with Crippen LogP contribution < -0.4 is 0 Å². The first-order valence-electron chi connectivity index (χ1n) is 5.77. The number of hydrogen-bond acceptors (Lipinski definition) is 4. The third-order valence-corrected chi connectivity index (χ3v) is 3.14. The van der Waals surface area contributed by atoms with Crippen molar-refractivity contribution < 1.29 is 19.4 Å². The third kappa shape index (κ3) is 2.27. The van der Waals surface area contributed by atoms with Gasteiger partial charge in [0.1, 0.15) is 5.75 Å². The molecule has 1 heterocycles. The lowest BCUT2D eigenvalue weighted by molar-refractivity contribution is -0.464. The van der Waals surface area contributed by atoms with Gasteiger partial charge >= 0.3 is 0 Å². The van der Waals surface area contributed by atoms with E-state index in [0.717, 1.165) is 17.3 Å². The summed E-state index contributed by atoms with van der Waals surface area (Å²) in [5.41, 5.74) is 1.63. The van der Waals surface area contributed by atoms with Crippen molar-refractivity contribution in [1.29, 1.82) is 0 Å². The summed E-state index contributed by atoms with van der Waals surface area (Å²) >= 11 is 0. The van der Waals surface area contributed by atoms with E-state index < -0.39 is 17.6 Å². The van der Waals surface area contributed by atoms with Crippen LogP contribution in [0.25, 0.3) is 0 Å². The zero-order valence-electron chi connectivity index (χ0n) is 10.6. The highest BCUT2D eigenvalue weighted by Gasteiger charge is 2.36. The monoisotopic (exact) mass is 259 g/mol. The number of allylic oxidation sites excluding steroid dienone is 1. The fraction of sp³-hybridized carbons (Fsp3) is 0.214. The standard InChI is InChI=1S/C14H13NO4/c1-8-6-10(12(17)7-9(8)2)14(18)13-11(16)4-3-5-15(13)19/h3-7,13,17H,1-2H3. The minimum absolute atomic E-state index is 0.00833. The number of phenolic OH excluding ortho intramolecular Hbond substituents is 1. The van der Waals surface area contributed by atoms with Crippen molar-refractivity contribution in [3.63, 3.8) is 0 Å². The highest BCUT2D eigenvalue weighted by Crippen LogP contribution is 2.24. The van der Waals surface area contributed by atoms with Crippen molar-refractivity contribution in [2.75, 3.05) is 0 Å². The Morgan fingerprint density at radius 1 is 1.32 bits per heavy atom. The molecular formula is C14H13NO4. The summed E-state index contributed by atoms with van der Waals surface area (Å²) in [5, 5.41) is 21.4. The molecule has 1 aliphatic heterocycles. The van der Waals surface area contributed by atoms with Gasteiger partial charge in [-0.1, -0.05) is 0 Å². The molecule has 1 aromatic rings. The third-order valence-electron chi connectivity index (χ3n) is 3.14. The lowest BCUT2D eigenvalue weighted by Crippen LogP contribution is -2.40. The second-order valence-electron chi connectivity index (χ2n) is 4.49. The molecule has 1 atom stereocenters. The number of aromatic hydroxyl groups is 1. The largest absolute Gasteiger partial charge is 0.623 e. The van der Waals surface area contributed by atoms with E-state index in [1.165, 1.54) is 24.3 Å². The number of Topliss-reactive ketones (excluding diaryl/α,β-unsaturated/α-hetero) is 1. The van der Waals surface area contributed by atoms with Crippen LogP contribution >= 0.6 is 0 Å². The minimum Gasteiger partial charge on any atom is -0.623 e. The molecule has 5 heteroatoms. The molecule has 0 saturated heterocycles. The summed E-state index contributed by atoms with van der Waals surface area (Å²) in [5.74, 6) is -1.50. The number of benzene rings is 1. The molecule has 0 radical (unpaired) electrons. The fourth-order valence-corrected chi connectivity index (χ4v) is 1.92. The summed E-state index contributed by atoms with van der Waals surface area (Å²) in [6, 6.07) is 1.50. The second kappa shape index (κ2) is 4.68. The maximum Gasteiger partial charge on any atom is 0.287 e. The molecule has 0 aliphatic carbocycles. The molecule has 0 amide bonds. The van der Waals surface area contributed by atoms with Gasteiger partial charge in [-0.05, 0) is 43.2 Å². The molecule has 0 aromatic heterocycles. The number of aryl methyl sites for hydroxylation is 2. The number of carbonyl (C=O) groups is 2. The van der Waals surface area contributed by atoms with Crippen LogP contribution in [-0.2, 0) is 4.79 Å². The van der Waals surface area contributed by atoms with E-state index in [1.54, 1.807) is 13.8 Å². The molecule has 1 unspecified atom stereocenters. The number of hydroxylamine groups is 1. The van der Waals surface area contributed by atoms with E-state index in [2.05, 4.69) is 0 Å². The molecule has 19 heavy (non-hydrogen) atoms. The summed E-state index contributed by atoms with van der Waals surface area (Å²) < 4.78 is 0.305. The number of carbonyl (C=O) groups excluding carboxylic acids is 2. The van der Waals surface area contributed by atoms with Crippen LogP contribution in [0.2, 0.25) is 0 Å². The van der Waals surface area contributed by atoms with Gasteiger partial charge in [0.2, 0.25) is 11.6 Å². The summed E-state index contributed by atoms with van der Waals surface area (Å²) in [6.07, 6.45) is 3.58. The highest BCUT2D eigenvalue weighted by molar-refractivity contribution is 6.18. The fourth-order valence-electron chi connectivity index (χ4n) is 1.92. The first-order valence-corrected chi connectivity index (χ1v) is 5.77. The molecule has 1 aliphatic rings. The Morgan fingerprint density at radius 3 is 2.58 bits per heavy atom. The van der Waals surface area contributed by atoms with Crippen LogP contribution in [0.4, 0.5) is 0 Å². The zero-order valence-corrected chi connectivity index (χ0v) is 10.6. The molecular weight excluding hydrogens is 246 g/mol. The maximum absolute atomic E-state index is 12.2. The van der Waals surface area contributed by atoms with Gasteiger partial charge in [0, 0.05) is 6.08 Å². The Morgan fingerprint density at radius 2 is 1.95 bits per heavy atom. The van der Waals surface area contributed by atoms with Crippen molar-refractivity contribution >= 4 is 17.8 Å². The predicted octanol–water partition coefficient (Wildman–Crippen LogP) is 1.28. The molecule has 0 spiro atoms. The van der Waals surface area contributed by atoms with E-state index in [0.29, 0.717) is 4.74 Å². The molecule has 0 fully saturated rings. The SMILES string of the molecule is Cc1cc(O)c(C(=O)C2C(=O)C=CC=[N+]2[O-])cc1C. The Hall–Kier alpha value is -2.43. The Balaban J connectivity index is 2.45. The number of hydrogen-bond donors (Lipinski definition) is 1. The van der Waals surface area contributed by atoms with Crippen LogP contribution in [0.5, 0.6) is 5.75 Å². The van der Waals surface area contributed by atoms with Gasteiger partial charge in [0.15, 0.2) is 6.21 Å². The first-order chi connectivity index (χ1) is 8.91. The van der Waals surface area contributed by atoms with E-state index in [-0.39, 0.29) is 11.3 Å². The van der Waals surface area contributed by atoms with Gasteiger partial charge in [-0.3, -0.25) is 9.59 Å². The lowest BCUT2D eigenvalue weighted by Gasteiger charge is -2.16. The number of rotatable bonds is 2. The number of phenols is 1. The smallest absolute Gasteiger partial charge is 0.287 e. The van der Waals surface area contributed by atoms with Crippen LogP contribution in [0.1, 0.15) is 21.5 Å².